The molecule has 3 unspecified atom stereocenters. The van der Waals surface area contributed by atoms with Crippen LogP contribution in [0, 0.1) is 19.3 Å². The predicted octanol–water partition coefficient (Wildman–Crippen LogP) is 3.57. The topological polar surface area (TPSA) is 20.2 Å². The molecule has 3 atom stereocenters. The van der Waals surface area contributed by atoms with E-state index < -0.39 is 0 Å². The van der Waals surface area contributed by atoms with Gasteiger partial charge in [-0.25, -0.2) is 0 Å². The van der Waals surface area contributed by atoms with Crippen molar-refractivity contribution in [2.75, 3.05) is 0 Å². The van der Waals surface area contributed by atoms with Gasteiger partial charge in [0.05, 0.1) is 6.10 Å². The lowest BCUT2D eigenvalue weighted by atomic mass is 9.55. The Bertz CT molecular complexity index is 396. The van der Waals surface area contributed by atoms with E-state index >= 15 is 0 Å². The highest BCUT2D eigenvalue weighted by Crippen LogP contribution is 2.54. The first-order valence-electron chi connectivity index (χ1n) is 6.24. The predicted molar refractivity (Wildman–Crippen MR) is 67.7 cm³/mol. The Balaban J connectivity index is 2.29. The van der Waals surface area contributed by atoms with Crippen LogP contribution in [-0.4, -0.2) is 11.2 Å². The van der Waals surface area contributed by atoms with Gasteiger partial charge in [-0.2, -0.15) is 0 Å². The Labute approximate surface area is 98.5 Å². The summed E-state index contributed by atoms with van der Waals surface area (Å²) < 4.78 is 0. The fraction of sp³-hybridized carbons (Fsp3) is 0.600. The summed E-state index contributed by atoms with van der Waals surface area (Å²) in [4.78, 5) is 0. The molecule has 88 valence electrons. The van der Waals surface area contributed by atoms with E-state index in [1.165, 1.54) is 16.7 Å². The van der Waals surface area contributed by atoms with Crippen molar-refractivity contribution in [3.8, 4) is 0 Å². The molecule has 1 fully saturated rings. The molecule has 1 heteroatoms. The Morgan fingerprint density at radius 3 is 2.50 bits per heavy atom. The molecule has 0 radical (unpaired) electrons. The third kappa shape index (κ3) is 1.58. The Morgan fingerprint density at radius 2 is 2.00 bits per heavy atom. The summed E-state index contributed by atoms with van der Waals surface area (Å²) in [6, 6.07) is 6.72. The quantitative estimate of drug-likeness (QED) is 0.804. The average molecular weight is 218 g/mol. The molecule has 1 nitrogen and oxygen atoms in total. The van der Waals surface area contributed by atoms with E-state index in [0.717, 1.165) is 12.8 Å². The van der Waals surface area contributed by atoms with E-state index in [1.807, 2.05) is 0 Å². The van der Waals surface area contributed by atoms with Crippen molar-refractivity contribution in [3.63, 3.8) is 0 Å². The molecular formula is C15H22O. The molecule has 1 aliphatic carbocycles. The maximum absolute atomic E-state index is 9.92. The number of benzene rings is 1. The summed E-state index contributed by atoms with van der Waals surface area (Å²) in [5, 5.41) is 9.92. The van der Waals surface area contributed by atoms with Crippen LogP contribution in [0.3, 0.4) is 0 Å². The van der Waals surface area contributed by atoms with Crippen molar-refractivity contribution >= 4 is 0 Å². The van der Waals surface area contributed by atoms with Crippen molar-refractivity contribution < 1.29 is 5.11 Å². The summed E-state index contributed by atoms with van der Waals surface area (Å²) >= 11 is 0. The minimum atomic E-state index is -0.121. The molecule has 0 saturated heterocycles. The second kappa shape index (κ2) is 3.89. The highest BCUT2D eigenvalue weighted by molar-refractivity contribution is 5.35. The fourth-order valence-electron chi connectivity index (χ4n) is 2.81. The van der Waals surface area contributed by atoms with Crippen LogP contribution in [0.5, 0.6) is 0 Å². The van der Waals surface area contributed by atoms with Crippen LogP contribution >= 0.6 is 0 Å². The standard InChI is InChI=1S/C15H22O/c1-5-15(4)13(9-14(15)16)12-7-6-10(2)11(3)8-12/h6-8,13-14,16H,5,9H2,1-4H3. The monoisotopic (exact) mass is 218 g/mol. The van der Waals surface area contributed by atoms with Crippen LogP contribution in [0.15, 0.2) is 18.2 Å². The number of aliphatic hydroxyl groups excluding tert-OH is 1. The molecule has 16 heavy (non-hydrogen) atoms. The van der Waals surface area contributed by atoms with Gasteiger partial charge >= 0.3 is 0 Å². The summed E-state index contributed by atoms with van der Waals surface area (Å²) in [6.07, 6.45) is 1.85. The summed E-state index contributed by atoms with van der Waals surface area (Å²) in [5.74, 6) is 0.534. The van der Waals surface area contributed by atoms with Crippen LogP contribution in [-0.2, 0) is 0 Å². The van der Waals surface area contributed by atoms with Crippen molar-refractivity contribution in [3.05, 3.63) is 34.9 Å². The molecule has 0 heterocycles. The molecule has 0 aromatic heterocycles. The number of hydrogen-bond donors (Lipinski definition) is 1. The smallest absolute Gasteiger partial charge is 0.0605 e. The molecule has 1 aromatic carbocycles. The zero-order valence-corrected chi connectivity index (χ0v) is 10.7. The zero-order valence-electron chi connectivity index (χ0n) is 10.7. The van der Waals surface area contributed by atoms with Crippen molar-refractivity contribution in [2.24, 2.45) is 5.41 Å². The van der Waals surface area contributed by atoms with Crippen LogP contribution in [0.4, 0.5) is 0 Å². The van der Waals surface area contributed by atoms with Gasteiger partial charge < -0.3 is 5.11 Å². The van der Waals surface area contributed by atoms with Gasteiger partial charge in [-0.1, -0.05) is 32.0 Å². The molecule has 0 amide bonds. The summed E-state index contributed by atoms with van der Waals surface area (Å²) in [6.45, 7) is 8.70. The molecule has 1 aliphatic rings. The zero-order chi connectivity index (χ0) is 11.9. The lowest BCUT2D eigenvalue weighted by Crippen LogP contribution is -2.49. The van der Waals surface area contributed by atoms with Gasteiger partial charge in [0.1, 0.15) is 0 Å². The molecule has 2 rings (SSSR count). The van der Waals surface area contributed by atoms with E-state index in [1.54, 1.807) is 0 Å². The van der Waals surface area contributed by atoms with Crippen molar-refractivity contribution in [2.45, 2.75) is 52.6 Å². The maximum atomic E-state index is 9.92. The molecule has 1 N–H and O–H groups in total. The molecule has 1 aromatic rings. The molecule has 0 spiro atoms. The fourth-order valence-corrected chi connectivity index (χ4v) is 2.81. The maximum Gasteiger partial charge on any atom is 0.0605 e. The van der Waals surface area contributed by atoms with Gasteiger partial charge in [0.15, 0.2) is 0 Å². The Kier molecular flexibility index (Phi) is 2.83. The van der Waals surface area contributed by atoms with Gasteiger partial charge in [-0.05, 0) is 49.3 Å². The van der Waals surface area contributed by atoms with E-state index in [9.17, 15) is 5.11 Å². The Hall–Kier alpha value is -0.820. The minimum Gasteiger partial charge on any atom is -0.393 e. The molecule has 1 saturated carbocycles. The number of aliphatic hydroxyl groups is 1. The highest BCUT2D eigenvalue weighted by Gasteiger charge is 2.49. The summed E-state index contributed by atoms with van der Waals surface area (Å²) in [7, 11) is 0. The second-order valence-corrected chi connectivity index (χ2v) is 5.51. The van der Waals surface area contributed by atoms with Crippen LogP contribution < -0.4 is 0 Å². The van der Waals surface area contributed by atoms with Crippen LogP contribution in [0.2, 0.25) is 0 Å². The van der Waals surface area contributed by atoms with Crippen molar-refractivity contribution in [1.29, 1.82) is 0 Å². The van der Waals surface area contributed by atoms with Gasteiger partial charge in [0.2, 0.25) is 0 Å². The molecule has 0 bridgehead atoms. The first-order valence-corrected chi connectivity index (χ1v) is 6.24. The molecule has 0 aliphatic heterocycles. The van der Waals surface area contributed by atoms with E-state index in [0.29, 0.717) is 5.92 Å². The summed E-state index contributed by atoms with van der Waals surface area (Å²) in [5.41, 5.74) is 4.19. The minimum absolute atomic E-state index is 0.0850. The number of hydrogen-bond acceptors (Lipinski definition) is 1. The van der Waals surface area contributed by atoms with E-state index in [4.69, 9.17) is 0 Å². The first kappa shape index (κ1) is 11.7. The van der Waals surface area contributed by atoms with Gasteiger partial charge in [0.25, 0.3) is 0 Å². The van der Waals surface area contributed by atoms with Gasteiger partial charge in [0, 0.05) is 5.41 Å². The normalized spacial score (nSPS) is 33.6. The highest BCUT2D eigenvalue weighted by atomic mass is 16.3. The van der Waals surface area contributed by atoms with Crippen LogP contribution in [0.1, 0.15) is 49.3 Å². The van der Waals surface area contributed by atoms with E-state index in [-0.39, 0.29) is 11.5 Å². The molecular weight excluding hydrogens is 196 g/mol. The lowest BCUT2D eigenvalue weighted by molar-refractivity contribution is -0.0777. The number of aryl methyl sites for hydroxylation is 2. The third-order valence-corrected chi connectivity index (χ3v) is 4.71. The van der Waals surface area contributed by atoms with Crippen molar-refractivity contribution in [1.82, 2.24) is 0 Å². The lowest BCUT2D eigenvalue weighted by Gasteiger charge is -2.52. The Morgan fingerprint density at radius 1 is 1.31 bits per heavy atom. The van der Waals surface area contributed by atoms with Gasteiger partial charge in [-0.3, -0.25) is 0 Å². The largest absolute Gasteiger partial charge is 0.393 e. The SMILES string of the molecule is CCC1(C)C(O)CC1c1ccc(C)c(C)c1. The second-order valence-electron chi connectivity index (χ2n) is 5.51. The first-order chi connectivity index (χ1) is 7.49. The van der Waals surface area contributed by atoms with E-state index in [2.05, 4.69) is 45.9 Å². The van der Waals surface area contributed by atoms with Crippen LogP contribution in [0.25, 0.3) is 0 Å². The number of rotatable bonds is 2. The third-order valence-electron chi connectivity index (χ3n) is 4.71. The average Bonchev–Trinajstić information content (AvgIpc) is 2.28. The van der Waals surface area contributed by atoms with Gasteiger partial charge in [-0.15, -0.1) is 0 Å².